The number of pyridine rings is 1. The second kappa shape index (κ2) is 5.48. The minimum Gasteiger partial charge on any atom is -0.478 e. The van der Waals surface area contributed by atoms with Gasteiger partial charge in [0.1, 0.15) is 5.82 Å². The Morgan fingerprint density at radius 3 is 2.60 bits per heavy atom. The molecular formula is C14H11FN2O3. The maximum atomic E-state index is 13.5. The standard InChI is InChI=1S/C14H11FN2O3/c1-8-10(3-2-6-16-8)13(18)17-9-4-5-11(14(19)20)12(15)7-9/h2-7H,1H3,(H,17,18)(H,19,20). The molecule has 0 saturated heterocycles. The van der Waals surface area contributed by atoms with E-state index in [1.807, 2.05) is 0 Å². The van der Waals surface area contributed by atoms with Crippen molar-refractivity contribution in [1.82, 2.24) is 4.98 Å². The van der Waals surface area contributed by atoms with Crippen LogP contribution in [0.15, 0.2) is 36.5 Å². The van der Waals surface area contributed by atoms with Crippen LogP contribution in [-0.4, -0.2) is 22.0 Å². The Bertz CT molecular complexity index is 686. The molecule has 0 aliphatic carbocycles. The third kappa shape index (κ3) is 2.80. The molecule has 0 unspecified atom stereocenters. The van der Waals surface area contributed by atoms with Gasteiger partial charge in [0.2, 0.25) is 0 Å². The smallest absolute Gasteiger partial charge is 0.338 e. The van der Waals surface area contributed by atoms with Gasteiger partial charge in [0.25, 0.3) is 5.91 Å². The number of aryl methyl sites for hydroxylation is 1. The fourth-order valence-corrected chi connectivity index (χ4v) is 1.69. The fourth-order valence-electron chi connectivity index (χ4n) is 1.69. The number of halogens is 1. The van der Waals surface area contributed by atoms with Gasteiger partial charge in [-0.15, -0.1) is 0 Å². The van der Waals surface area contributed by atoms with Crippen LogP contribution in [-0.2, 0) is 0 Å². The summed E-state index contributed by atoms with van der Waals surface area (Å²) in [6.07, 6.45) is 1.56. The van der Waals surface area contributed by atoms with E-state index in [4.69, 9.17) is 5.11 Å². The van der Waals surface area contributed by atoms with Crippen LogP contribution < -0.4 is 5.32 Å². The van der Waals surface area contributed by atoms with Crippen LogP contribution in [0.3, 0.4) is 0 Å². The third-order valence-corrected chi connectivity index (χ3v) is 2.71. The lowest BCUT2D eigenvalue weighted by molar-refractivity contribution is 0.0692. The SMILES string of the molecule is Cc1ncccc1C(=O)Nc1ccc(C(=O)O)c(F)c1. The maximum Gasteiger partial charge on any atom is 0.338 e. The van der Waals surface area contributed by atoms with Crippen molar-refractivity contribution in [3.8, 4) is 0 Å². The molecule has 0 atom stereocenters. The van der Waals surface area contributed by atoms with Crippen molar-refractivity contribution in [1.29, 1.82) is 0 Å². The van der Waals surface area contributed by atoms with Crippen molar-refractivity contribution < 1.29 is 19.1 Å². The summed E-state index contributed by atoms with van der Waals surface area (Å²) in [6.45, 7) is 1.68. The predicted octanol–water partition coefficient (Wildman–Crippen LogP) is 2.48. The zero-order valence-electron chi connectivity index (χ0n) is 10.6. The first-order valence-corrected chi connectivity index (χ1v) is 5.75. The normalized spacial score (nSPS) is 10.1. The first-order valence-electron chi connectivity index (χ1n) is 5.75. The van der Waals surface area contributed by atoms with Crippen LogP contribution in [0.4, 0.5) is 10.1 Å². The molecule has 2 N–H and O–H groups in total. The Balaban J connectivity index is 2.23. The lowest BCUT2D eigenvalue weighted by Crippen LogP contribution is -2.14. The van der Waals surface area contributed by atoms with Gasteiger partial charge in [-0.05, 0) is 37.3 Å². The van der Waals surface area contributed by atoms with E-state index in [0.717, 1.165) is 12.1 Å². The summed E-state index contributed by atoms with van der Waals surface area (Å²) in [4.78, 5) is 26.6. The van der Waals surface area contributed by atoms with E-state index in [-0.39, 0.29) is 5.69 Å². The molecule has 2 aromatic rings. The van der Waals surface area contributed by atoms with Crippen LogP contribution in [0.2, 0.25) is 0 Å². The first kappa shape index (κ1) is 13.7. The Morgan fingerprint density at radius 1 is 1.25 bits per heavy atom. The largest absolute Gasteiger partial charge is 0.478 e. The average Bonchev–Trinajstić information content (AvgIpc) is 2.38. The topological polar surface area (TPSA) is 79.3 Å². The molecule has 20 heavy (non-hydrogen) atoms. The lowest BCUT2D eigenvalue weighted by atomic mass is 10.1. The van der Waals surface area contributed by atoms with Gasteiger partial charge in [-0.25, -0.2) is 9.18 Å². The summed E-state index contributed by atoms with van der Waals surface area (Å²) in [5.74, 6) is -2.69. The van der Waals surface area contributed by atoms with Gasteiger partial charge < -0.3 is 10.4 Å². The van der Waals surface area contributed by atoms with Crippen molar-refractivity contribution in [3.05, 3.63) is 59.2 Å². The molecule has 0 radical (unpaired) electrons. The maximum absolute atomic E-state index is 13.5. The molecule has 2 rings (SSSR count). The number of carboxylic acids is 1. The van der Waals surface area contributed by atoms with Gasteiger partial charge in [0.05, 0.1) is 11.1 Å². The Labute approximate surface area is 114 Å². The molecule has 0 bridgehead atoms. The molecule has 1 aromatic carbocycles. The number of aromatic carboxylic acids is 1. The molecule has 0 saturated carbocycles. The highest BCUT2D eigenvalue weighted by atomic mass is 19.1. The van der Waals surface area contributed by atoms with Crippen molar-refractivity contribution in [2.45, 2.75) is 6.92 Å². The van der Waals surface area contributed by atoms with Gasteiger partial charge in [0, 0.05) is 17.6 Å². The summed E-state index contributed by atoms with van der Waals surface area (Å²) in [7, 11) is 0. The molecular weight excluding hydrogens is 263 g/mol. The highest BCUT2D eigenvalue weighted by molar-refractivity contribution is 6.05. The van der Waals surface area contributed by atoms with Crippen LogP contribution in [0, 0.1) is 12.7 Å². The number of hydrogen-bond acceptors (Lipinski definition) is 3. The second-order valence-corrected chi connectivity index (χ2v) is 4.09. The minimum absolute atomic E-state index is 0.181. The highest BCUT2D eigenvalue weighted by Crippen LogP contribution is 2.16. The number of nitrogens with one attached hydrogen (secondary N) is 1. The summed E-state index contributed by atoms with van der Waals surface area (Å²) in [6, 6.07) is 6.61. The van der Waals surface area contributed by atoms with E-state index in [1.54, 1.807) is 25.3 Å². The van der Waals surface area contributed by atoms with E-state index in [9.17, 15) is 14.0 Å². The quantitative estimate of drug-likeness (QED) is 0.901. The van der Waals surface area contributed by atoms with Gasteiger partial charge in [-0.1, -0.05) is 0 Å². The molecule has 102 valence electrons. The van der Waals surface area contributed by atoms with E-state index in [1.165, 1.54) is 6.07 Å². The summed E-state index contributed by atoms with van der Waals surface area (Å²) in [5, 5.41) is 11.2. The van der Waals surface area contributed by atoms with Gasteiger partial charge in [-0.3, -0.25) is 9.78 Å². The van der Waals surface area contributed by atoms with Crippen molar-refractivity contribution in [2.24, 2.45) is 0 Å². The number of benzene rings is 1. The van der Waals surface area contributed by atoms with Crippen molar-refractivity contribution in [3.63, 3.8) is 0 Å². The number of carbonyl (C=O) groups excluding carboxylic acids is 1. The number of anilines is 1. The van der Waals surface area contributed by atoms with Crippen LogP contribution in [0.25, 0.3) is 0 Å². The molecule has 0 aliphatic rings. The third-order valence-electron chi connectivity index (χ3n) is 2.71. The van der Waals surface area contributed by atoms with E-state index >= 15 is 0 Å². The number of rotatable bonds is 3. The zero-order valence-corrected chi connectivity index (χ0v) is 10.6. The molecule has 1 heterocycles. The molecule has 1 amide bonds. The van der Waals surface area contributed by atoms with E-state index in [0.29, 0.717) is 11.3 Å². The number of amides is 1. The van der Waals surface area contributed by atoms with Crippen LogP contribution in [0.1, 0.15) is 26.4 Å². The summed E-state index contributed by atoms with van der Waals surface area (Å²) in [5.41, 5.74) is 0.657. The molecule has 0 fully saturated rings. The van der Waals surface area contributed by atoms with Gasteiger partial charge >= 0.3 is 5.97 Å². The van der Waals surface area contributed by atoms with Gasteiger partial charge in [0.15, 0.2) is 0 Å². The molecule has 6 heteroatoms. The highest BCUT2D eigenvalue weighted by Gasteiger charge is 2.13. The Kier molecular flexibility index (Phi) is 3.74. The summed E-state index contributed by atoms with van der Waals surface area (Å²) < 4.78 is 13.5. The molecule has 0 aliphatic heterocycles. The predicted molar refractivity (Wildman–Crippen MR) is 70.3 cm³/mol. The van der Waals surface area contributed by atoms with Gasteiger partial charge in [-0.2, -0.15) is 0 Å². The Hall–Kier alpha value is -2.76. The summed E-state index contributed by atoms with van der Waals surface area (Å²) >= 11 is 0. The van der Waals surface area contributed by atoms with Crippen molar-refractivity contribution >= 4 is 17.6 Å². The first-order chi connectivity index (χ1) is 9.49. The van der Waals surface area contributed by atoms with E-state index < -0.39 is 23.3 Å². The fraction of sp³-hybridized carbons (Fsp3) is 0.0714. The minimum atomic E-state index is -1.36. The molecule has 1 aromatic heterocycles. The Morgan fingerprint density at radius 2 is 2.00 bits per heavy atom. The van der Waals surface area contributed by atoms with Crippen molar-refractivity contribution in [2.75, 3.05) is 5.32 Å². The average molecular weight is 274 g/mol. The lowest BCUT2D eigenvalue weighted by Gasteiger charge is -2.07. The second-order valence-electron chi connectivity index (χ2n) is 4.09. The molecule has 5 nitrogen and oxygen atoms in total. The number of hydrogen-bond donors (Lipinski definition) is 2. The monoisotopic (exact) mass is 274 g/mol. The van der Waals surface area contributed by atoms with Crippen LogP contribution in [0.5, 0.6) is 0 Å². The number of carbonyl (C=O) groups is 2. The number of carboxylic acid groups (broad SMARTS) is 1. The number of nitrogens with zero attached hydrogens (tertiary/aromatic N) is 1. The van der Waals surface area contributed by atoms with Crippen LogP contribution >= 0.6 is 0 Å². The molecule has 0 spiro atoms. The zero-order chi connectivity index (χ0) is 14.7. The number of aromatic nitrogens is 1. The van der Waals surface area contributed by atoms with E-state index in [2.05, 4.69) is 10.3 Å².